The molecule has 1 fully saturated rings. The average molecular weight is 296 g/mol. The highest BCUT2D eigenvalue weighted by atomic mass is 32.2. The average Bonchev–Trinajstić information content (AvgIpc) is 2.23. The van der Waals surface area contributed by atoms with E-state index in [1.54, 1.807) is 19.1 Å². The fraction of sp³-hybridized carbons (Fsp3) is 0.533. The number of rotatable bonds is 3. The molecule has 0 saturated heterocycles. The summed E-state index contributed by atoms with van der Waals surface area (Å²) in [4.78, 5) is 11.8. The van der Waals surface area contributed by atoms with Crippen molar-refractivity contribution in [2.75, 3.05) is 0 Å². The van der Waals surface area contributed by atoms with Crippen molar-refractivity contribution >= 4 is 15.8 Å². The number of hydrogen-bond acceptors (Lipinski definition) is 3. The lowest BCUT2D eigenvalue weighted by atomic mass is 9.64. The van der Waals surface area contributed by atoms with Crippen LogP contribution in [0, 0.1) is 19.3 Å². The maximum absolute atomic E-state index is 12.8. The van der Waals surface area contributed by atoms with Gasteiger partial charge in [0.05, 0.1) is 4.90 Å². The van der Waals surface area contributed by atoms with Crippen molar-refractivity contribution in [3.05, 3.63) is 29.3 Å². The minimum Gasteiger partial charge on any atom is -0.480 e. The number of aryl methyl sites for hydroxylation is 2. The summed E-state index contributed by atoms with van der Waals surface area (Å²) in [5, 5.41) is 9.48. The molecule has 0 heterocycles. The van der Waals surface area contributed by atoms with Gasteiger partial charge in [-0.15, -0.1) is 0 Å². The summed E-state index contributed by atoms with van der Waals surface area (Å²) in [7, 11) is -3.88. The second-order valence-corrected chi connectivity index (χ2v) is 8.82. The van der Waals surface area contributed by atoms with E-state index in [2.05, 4.69) is 0 Å². The van der Waals surface area contributed by atoms with Gasteiger partial charge in [0, 0.05) is 0 Å². The molecule has 4 nitrogen and oxygen atoms in total. The predicted molar refractivity (Wildman–Crippen MR) is 76.5 cm³/mol. The van der Waals surface area contributed by atoms with Crippen molar-refractivity contribution < 1.29 is 18.3 Å². The molecule has 1 aromatic carbocycles. The molecule has 1 aliphatic carbocycles. The molecule has 1 aromatic rings. The van der Waals surface area contributed by atoms with Crippen molar-refractivity contribution in [2.24, 2.45) is 5.41 Å². The molecule has 0 atom stereocenters. The molecule has 1 saturated carbocycles. The van der Waals surface area contributed by atoms with Crippen LogP contribution >= 0.6 is 0 Å². The lowest BCUT2D eigenvalue weighted by molar-refractivity contribution is -0.146. The summed E-state index contributed by atoms with van der Waals surface area (Å²) in [6.45, 7) is 7.37. The Labute approximate surface area is 119 Å². The number of aliphatic carboxylic acids is 1. The normalized spacial score (nSPS) is 20.2. The number of hydrogen-bond donors (Lipinski definition) is 1. The molecule has 0 amide bonds. The third kappa shape index (κ3) is 2.04. The molecule has 0 bridgehead atoms. The topological polar surface area (TPSA) is 71.4 Å². The van der Waals surface area contributed by atoms with E-state index in [0.29, 0.717) is 5.56 Å². The molecule has 5 heteroatoms. The lowest BCUT2D eigenvalue weighted by Gasteiger charge is -2.49. The first-order valence-electron chi connectivity index (χ1n) is 6.57. The standard InChI is InChI=1S/C15H20O4S/c1-10-5-6-12(11(2)7-10)20(18,19)15(13(16)17)8-14(3,4)9-15/h5-7H,8-9H2,1-4H3,(H,16,17). The summed E-state index contributed by atoms with van der Waals surface area (Å²) < 4.78 is 24.0. The van der Waals surface area contributed by atoms with E-state index in [1.807, 2.05) is 20.8 Å². The van der Waals surface area contributed by atoms with Crippen LogP contribution in [0.5, 0.6) is 0 Å². The van der Waals surface area contributed by atoms with Crippen molar-refractivity contribution in [3.8, 4) is 0 Å². The van der Waals surface area contributed by atoms with Gasteiger partial charge in [-0.25, -0.2) is 8.42 Å². The second kappa shape index (κ2) is 4.32. The molecule has 1 N–H and O–H groups in total. The maximum atomic E-state index is 12.8. The fourth-order valence-corrected chi connectivity index (χ4v) is 5.80. The van der Waals surface area contributed by atoms with Crippen LogP contribution in [0.3, 0.4) is 0 Å². The Morgan fingerprint density at radius 2 is 1.75 bits per heavy atom. The van der Waals surface area contributed by atoms with Crippen molar-refractivity contribution in [3.63, 3.8) is 0 Å². The zero-order valence-electron chi connectivity index (χ0n) is 12.2. The van der Waals surface area contributed by atoms with Crippen LogP contribution in [0.15, 0.2) is 23.1 Å². The summed E-state index contributed by atoms with van der Waals surface area (Å²) in [5.74, 6) is -1.24. The first kappa shape index (κ1) is 15.0. The molecule has 0 aliphatic heterocycles. The van der Waals surface area contributed by atoms with E-state index in [-0.39, 0.29) is 23.2 Å². The predicted octanol–water partition coefficient (Wildman–Crippen LogP) is 2.72. The number of carboxylic acids is 1. The van der Waals surface area contributed by atoms with Crippen molar-refractivity contribution in [1.29, 1.82) is 0 Å². The Kier molecular flexibility index (Phi) is 3.25. The number of sulfone groups is 1. The highest BCUT2D eigenvalue weighted by Gasteiger charge is 2.63. The molecule has 110 valence electrons. The van der Waals surface area contributed by atoms with E-state index in [1.165, 1.54) is 6.07 Å². The van der Waals surface area contributed by atoms with Gasteiger partial charge in [-0.3, -0.25) is 4.79 Å². The van der Waals surface area contributed by atoms with Gasteiger partial charge in [0.25, 0.3) is 0 Å². The summed E-state index contributed by atoms with van der Waals surface area (Å²) in [5.41, 5.74) is 1.32. The zero-order valence-corrected chi connectivity index (χ0v) is 13.0. The first-order valence-corrected chi connectivity index (χ1v) is 8.05. The van der Waals surface area contributed by atoms with Crippen molar-refractivity contribution in [1.82, 2.24) is 0 Å². The van der Waals surface area contributed by atoms with Gasteiger partial charge in [-0.05, 0) is 43.7 Å². The van der Waals surface area contributed by atoms with E-state index in [9.17, 15) is 18.3 Å². The molecular formula is C15H20O4S. The molecule has 2 rings (SSSR count). The van der Waals surface area contributed by atoms with Gasteiger partial charge >= 0.3 is 5.97 Å². The van der Waals surface area contributed by atoms with E-state index < -0.39 is 20.6 Å². The molecule has 1 aliphatic rings. The monoisotopic (exact) mass is 296 g/mol. The van der Waals surface area contributed by atoms with Crippen molar-refractivity contribution in [2.45, 2.75) is 50.2 Å². The van der Waals surface area contributed by atoms with Crippen LogP contribution < -0.4 is 0 Å². The highest BCUT2D eigenvalue weighted by molar-refractivity contribution is 7.93. The molecule has 0 radical (unpaired) electrons. The second-order valence-electron chi connectivity index (χ2n) is 6.59. The number of benzene rings is 1. The summed E-state index contributed by atoms with van der Waals surface area (Å²) >= 11 is 0. The van der Waals surface area contributed by atoms with Crippen LogP contribution in [0.2, 0.25) is 0 Å². The van der Waals surface area contributed by atoms with Crippen LogP contribution in [-0.4, -0.2) is 24.2 Å². The molecular weight excluding hydrogens is 276 g/mol. The smallest absolute Gasteiger partial charge is 0.325 e. The fourth-order valence-electron chi connectivity index (χ4n) is 3.26. The van der Waals surface area contributed by atoms with Crippen LogP contribution in [0.1, 0.15) is 37.8 Å². The molecule has 0 spiro atoms. The van der Waals surface area contributed by atoms with E-state index >= 15 is 0 Å². The van der Waals surface area contributed by atoms with Gasteiger partial charge in [0.2, 0.25) is 0 Å². The van der Waals surface area contributed by atoms with Gasteiger partial charge < -0.3 is 5.11 Å². The Balaban J connectivity index is 2.57. The van der Waals surface area contributed by atoms with E-state index in [4.69, 9.17) is 0 Å². The summed E-state index contributed by atoms with van der Waals surface area (Å²) in [6.07, 6.45) is 0.315. The van der Waals surface area contributed by atoms with Crippen LogP contribution in [-0.2, 0) is 14.6 Å². The Morgan fingerprint density at radius 1 is 1.20 bits per heavy atom. The first-order chi connectivity index (χ1) is 9.02. The Hall–Kier alpha value is -1.36. The van der Waals surface area contributed by atoms with Gasteiger partial charge in [-0.1, -0.05) is 31.5 Å². The van der Waals surface area contributed by atoms with E-state index in [0.717, 1.165) is 5.56 Å². The van der Waals surface area contributed by atoms with Crippen LogP contribution in [0.25, 0.3) is 0 Å². The van der Waals surface area contributed by atoms with Gasteiger partial charge in [-0.2, -0.15) is 0 Å². The maximum Gasteiger partial charge on any atom is 0.325 e. The minimum absolute atomic E-state index is 0.140. The Morgan fingerprint density at radius 3 is 2.15 bits per heavy atom. The Bertz CT molecular complexity index is 663. The van der Waals surface area contributed by atoms with Crippen LogP contribution in [0.4, 0.5) is 0 Å². The van der Waals surface area contributed by atoms with Gasteiger partial charge in [0.1, 0.15) is 0 Å². The molecule has 0 aromatic heterocycles. The SMILES string of the molecule is Cc1ccc(S(=O)(=O)C2(C(=O)O)CC(C)(C)C2)c(C)c1. The lowest BCUT2D eigenvalue weighted by Crippen LogP contribution is -2.59. The highest BCUT2D eigenvalue weighted by Crippen LogP contribution is 2.54. The quantitative estimate of drug-likeness (QED) is 0.931. The third-order valence-corrected chi connectivity index (χ3v) is 6.58. The largest absolute Gasteiger partial charge is 0.480 e. The summed E-state index contributed by atoms with van der Waals surface area (Å²) in [6, 6.07) is 5.00. The van der Waals surface area contributed by atoms with Gasteiger partial charge in [0.15, 0.2) is 14.6 Å². The minimum atomic E-state index is -3.88. The number of carbonyl (C=O) groups is 1. The zero-order chi connectivity index (χ0) is 15.3. The molecule has 0 unspecified atom stereocenters. The molecule has 20 heavy (non-hydrogen) atoms. The number of carboxylic acid groups (broad SMARTS) is 1. The third-order valence-electron chi connectivity index (χ3n) is 4.05.